The summed E-state index contributed by atoms with van der Waals surface area (Å²) >= 11 is 4.83. The van der Waals surface area contributed by atoms with Gasteiger partial charge in [-0.1, -0.05) is 61.7 Å². The van der Waals surface area contributed by atoms with Crippen molar-refractivity contribution in [2.24, 2.45) is 11.8 Å². The number of hydrogen-bond acceptors (Lipinski definition) is 5. The van der Waals surface area contributed by atoms with Gasteiger partial charge in [0.2, 0.25) is 5.91 Å². The number of amides is 1. The molecule has 1 aliphatic carbocycles. The Morgan fingerprint density at radius 1 is 1.24 bits per heavy atom. The SMILES string of the molecule is C=C.CC.CC=CCO.CCN(C(=O)CC1CCC(C)CC1)/C(C)=C(/SC(C)Br)C(=O)OC. The molecule has 0 radical (unpaired) electrons. The summed E-state index contributed by atoms with van der Waals surface area (Å²) in [5.74, 6) is 0.975. The van der Waals surface area contributed by atoms with E-state index in [9.17, 15) is 9.59 Å². The highest BCUT2D eigenvalue weighted by atomic mass is 79.9. The lowest BCUT2D eigenvalue weighted by atomic mass is 9.81. The molecule has 0 aliphatic heterocycles. The molecular formula is C26H48BrNO4S. The normalized spacial score (nSPS) is 18.7. The van der Waals surface area contributed by atoms with Gasteiger partial charge in [0.15, 0.2) is 0 Å². The Kier molecular flexibility index (Phi) is 26.7. The Bertz CT molecular complexity index is 571. The molecule has 0 aromatic rings. The minimum Gasteiger partial charge on any atom is -0.465 e. The molecule has 1 rings (SSSR count). The van der Waals surface area contributed by atoms with Crippen LogP contribution in [-0.2, 0) is 14.3 Å². The van der Waals surface area contributed by atoms with E-state index in [4.69, 9.17) is 9.84 Å². The molecule has 1 unspecified atom stereocenters. The highest BCUT2D eigenvalue weighted by Gasteiger charge is 2.26. The lowest BCUT2D eigenvalue weighted by molar-refractivity contribution is -0.135. The quantitative estimate of drug-likeness (QED) is 0.149. The summed E-state index contributed by atoms with van der Waals surface area (Å²) in [5.41, 5.74) is 0.690. The van der Waals surface area contributed by atoms with Crippen LogP contribution in [0.3, 0.4) is 0 Å². The van der Waals surface area contributed by atoms with Crippen LogP contribution in [0.1, 0.15) is 80.6 Å². The van der Waals surface area contributed by atoms with E-state index in [2.05, 4.69) is 36.0 Å². The fraction of sp³-hybridized carbons (Fsp3) is 0.692. The number of hydrogen-bond donors (Lipinski definition) is 1. The van der Waals surface area contributed by atoms with Crippen molar-refractivity contribution in [1.82, 2.24) is 4.90 Å². The van der Waals surface area contributed by atoms with Gasteiger partial charge >= 0.3 is 5.97 Å². The van der Waals surface area contributed by atoms with Crippen LogP contribution in [0.25, 0.3) is 0 Å². The lowest BCUT2D eigenvalue weighted by Crippen LogP contribution is -2.33. The van der Waals surface area contributed by atoms with E-state index >= 15 is 0 Å². The Labute approximate surface area is 216 Å². The van der Waals surface area contributed by atoms with Crippen molar-refractivity contribution in [1.29, 1.82) is 0 Å². The number of allylic oxidation sites excluding steroid dienone is 2. The summed E-state index contributed by atoms with van der Waals surface area (Å²) in [6.45, 7) is 20.6. The number of aliphatic hydroxyl groups is 1. The predicted molar refractivity (Wildman–Crippen MR) is 148 cm³/mol. The van der Waals surface area contributed by atoms with Gasteiger partial charge in [0.05, 0.1) is 17.9 Å². The monoisotopic (exact) mass is 549 g/mol. The van der Waals surface area contributed by atoms with Gasteiger partial charge in [-0.2, -0.15) is 0 Å². The van der Waals surface area contributed by atoms with Crippen LogP contribution < -0.4 is 0 Å². The fourth-order valence-corrected chi connectivity index (χ4v) is 4.60. The smallest absolute Gasteiger partial charge is 0.346 e. The minimum atomic E-state index is -0.387. The highest BCUT2D eigenvalue weighted by molar-refractivity contribution is 9.11. The molecule has 0 aromatic heterocycles. The molecule has 7 heteroatoms. The molecule has 0 spiro atoms. The minimum absolute atomic E-state index is 0.0650. The van der Waals surface area contributed by atoms with E-state index in [0.29, 0.717) is 29.5 Å². The number of nitrogens with zero attached hydrogens (tertiary/aromatic N) is 1. The van der Waals surface area contributed by atoms with E-state index in [1.165, 1.54) is 31.7 Å². The molecule has 33 heavy (non-hydrogen) atoms. The standard InChI is InChI=1S/C18H30BrNO3S.C4H8O.C2H6.C2H4/c1-6-20(13(3)17(18(22)23-5)24-14(4)19)16(21)11-15-9-7-12(2)8-10-15;1-2-3-4-5;2*1-2/h12,14-15H,6-11H2,1-5H3;2-3,5H,4H2,1H3;1-2H3;1-2H2/b17-13+;;;. The third-order valence-electron chi connectivity index (χ3n) is 4.94. The second-order valence-corrected chi connectivity index (χ2v) is 10.6. The Morgan fingerprint density at radius 2 is 1.76 bits per heavy atom. The van der Waals surface area contributed by atoms with Crippen molar-refractivity contribution in [3.8, 4) is 0 Å². The van der Waals surface area contributed by atoms with E-state index in [0.717, 1.165) is 18.8 Å². The fourth-order valence-electron chi connectivity index (χ4n) is 3.26. The maximum atomic E-state index is 12.8. The topological polar surface area (TPSA) is 66.8 Å². The molecule has 0 bridgehead atoms. The summed E-state index contributed by atoms with van der Waals surface area (Å²) in [7, 11) is 1.37. The van der Waals surface area contributed by atoms with Crippen molar-refractivity contribution >= 4 is 39.6 Å². The van der Waals surface area contributed by atoms with Gasteiger partial charge < -0.3 is 14.7 Å². The molecule has 5 nitrogen and oxygen atoms in total. The van der Waals surface area contributed by atoms with Crippen molar-refractivity contribution < 1.29 is 19.4 Å². The molecule has 1 fully saturated rings. The summed E-state index contributed by atoms with van der Waals surface area (Å²) < 4.78 is 4.96. The maximum Gasteiger partial charge on any atom is 0.346 e. The molecule has 1 aliphatic rings. The number of esters is 1. The van der Waals surface area contributed by atoms with Gasteiger partial charge in [-0.15, -0.1) is 24.9 Å². The zero-order valence-corrected chi connectivity index (χ0v) is 24.6. The van der Waals surface area contributed by atoms with E-state index < -0.39 is 0 Å². The number of methoxy groups -OCH3 is 1. The highest BCUT2D eigenvalue weighted by Crippen LogP contribution is 2.33. The molecule has 1 amide bonds. The van der Waals surface area contributed by atoms with Gasteiger partial charge in [-0.25, -0.2) is 4.79 Å². The molecule has 1 saturated carbocycles. The van der Waals surface area contributed by atoms with Gasteiger partial charge in [0.25, 0.3) is 0 Å². The summed E-state index contributed by atoms with van der Waals surface area (Å²) in [5, 5.41) is 7.98. The first-order chi connectivity index (χ1) is 15.7. The van der Waals surface area contributed by atoms with Crippen LogP contribution in [0.15, 0.2) is 35.9 Å². The number of ether oxygens (including phenoxy) is 1. The first kappa shape index (κ1) is 36.5. The molecule has 194 valence electrons. The van der Waals surface area contributed by atoms with Crippen molar-refractivity contribution in [3.05, 3.63) is 35.9 Å². The number of aliphatic hydroxyl groups excluding tert-OH is 1. The van der Waals surface area contributed by atoms with Gasteiger partial charge in [-0.3, -0.25) is 4.79 Å². The van der Waals surface area contributed by atoms with Crippen LogP contribution in [0.4, 0.5) is 0 Å². The Balaban J connectivity index is -0.000000862. The van der Waals surface area contributed by atoms with Crippen molar-refractivity contribution in [3.63, 3.8) is 0 Å². The van der Waals surface area contributed by atoms with Crippen molar-refractivity contribution in [2.75, 3.05) is 20.3 Å². The van der Waals surface area contributed by atoms with Crippen LogP contribution in [0.2, 0.25) is 0 Å². The van der Waals surface area contributed by atoms with Gasteiger partial charge in [-0.05, 0) is 52.4 Å². The molecule has 0 aromatic carbocycles. The van der Waals surface area contributed by atoms with Crippen LogP contribution in [-0.4, -0.2) is 46.3 Å². The third kappa shape index (κ3) is 17.1. The summed E-state index contributed by atoms with van der Waals surface area (Å²) in [6, 6.07) is 0. The molecule has 1 atom stereocenters. The summed E-state index contributed by atoms with van der Waals surface area (Å²) in [6.07, 6.45) is 8.74. The van der Waals surface area contributed by atoms with E-state index in [-0.39, 0.29) is 22.6 Å². The third-order valence-corrected chi connectivity index (χ3v) is 6.52. The van der Waals surface area contributed by atoms with Gasteiger partial charge in [0.1, 0.15) is 4.91 Å². The zero-order valence-electron chi connectivity index (χ0n) is 22.2. The Morgan fingerprint density at radius 3 is 2.09 bits per heavy atom. The molecule has 0 heterocycles. The average Bonchev–Trinajstić information content (AvgIpc) is 2.82. The molecule has 0 saturated heterocycles. The summed E-state index contributed by atoms with van der Waals surface area (Å²) in [4.78, 5) is 27.1. The van der Waals surface area contributed by atoms with Crippen LogP contribution >= 0.6 is 27.7 Å². The number of halogens is 1. The Hall–Kier alpha value is -1.05. The zero-order chi connectivity index (χ0) is 26.4. The number of thioether (sulfide) groups is 1. The molecule has 1 N–H and O–H groups in total. The van der Waals surface area contributed by atoms with E-state index in [1.54, 1.807) is 17.1 Å². The van der Waals surface area contributed by atoms with Crippen LogP contribution in [0.5, 0.6) is 0 Å². The second-order valence-electron chi connectivity index (χ2n) is 7.29. The molecular weight excluding hydrogens is 502 g/mol. The number of rotatable bonds is 8. The largest absolute Gasteiger partial charge is 0.465 e. The maximum absolute atomic E-state index is 12.8. The number of alkyl halides is 1. The second kappa shape index (κ2) is 24.1. The predicted octanol–water partition coefficient (Wildman–Crippen LogP) is 7.31. The number of carbonyl (C=O) groups excluding carboxylic acids is 2. The van der Waals surface area contributed by atoms with Gasteiger partial charge in [0, 0.05) is 18.7 Å². The van der Waals surface area contributed by atoms with Crippen LogP contribution in [0, 0.1) is 11.8 Å². The first-order valence-electron chi connectivity index (χ1n) is 11.8. The average molecular weight is 551 g/mol. The van der Waals surface area contributed by atoms with Crippen molar-refractivity contribution in [2.45, 2.75) is 84.7 Å². The first-order valence-corrected chi connectivity index (χ1v) is 13.6. The van der Waals surface area contributed by atoms with E-state index in [1.807, 2.05) is 41.5 Å². The number of carbonyl (C=O) groups is 2. The lowest BCUT2D eigenvalue weighted by Gasteiger charge is -2.29.